The van der Waals surface area contributed by atoms with Crippen molar-refractivity contribution >= 4 is 26.8 Å². The Labute approximate surface area is 83.1 Å². The maximum absolute atomic E-state index is 8.78. The fraction of sp³-hybridized carbons (Fsp3) is 0. The van der Waals surface area contributed by atoms with Crippen LogP contribution < -0.4 is 0 Å². The van der Waals surface area contributed by atoms with Crippen LogP contribution in [-0.4, -0.2) is 10.2 Å². The van der Waals surface area contributed by atoms with E-state index >= 15 is 0 Å². The Bertz CT molecular complexity index is 502. The predicted octanol–water partition coefficient (Wildman–Crippen LogP) is 2.26. The first-order chi connectivity index (χ1) is 6.31. The first-order valence-corrected chi connectivity index (χ1v) is 4.41. The Morgan fingerprint density at radius 2 is 2.23 bits per heavy atom. The van der Waals surface area contributed by atoms with E-state index in [1.807, 2.05) is 18.2 Å². The molecule has 0 aliphatic heterocycles. The summed E-state index contributed by atoms with van der Waals surface area (Å²) in [6.45, 7) is 0. The smallest absolute Gasteiger partial charge is 0.102 e. The number of hydrogen-bond acceptors (Lipinski definition) is 3. The van der Waals surface area contributed by atoms with Crippen LogP contribution in [0.25, 0.3) is 10.9 Å². The van der Waals surface area contributed by atoms with Gasteiger partial charge in [0.1, 0.15) is 6.07 Å². The zero-order valence-electron chi connectivity index (χ0n) is 6.53. The highest BCUT2D eigenvalue weighted by Crippen LogP contribution is 2.19. The molecule has 2 aromatic rings. The lowest BCUT2D eigenvalue weighted by atomic mass is 10.1. The summed E-state index contributed by atoms with van der Waals surface area (Å²) in [5.41, 5.74) is 1.28. The van der Waals surface area contributed by atoms with Crippen molar-refractivity contribution < 1.29 is 0 Å². The zero-order valence-corrected chi connectivity index (χ0v) is 8.12. The fourth-order valence-electron chi connectivity index (χ4n) is 1.12. The highest BCUT2D eigenvalue weighted by molar-refractivity contribution is 9.10. The molecule has 0 unspecified atom stereocenters. The van der Waals surface area contributed by atoms with Gasteiger partial charge in [0.05, 0.1) is 17.3 Å². The SMILES string of the molecule is N#Cc1cnnc2cc(Br)ccc12. The maximum Gasteiger partial charge on any atom is 0.102 e. The van der Waals surface area contributed by atoms with Gasteiger partial charge in [0.15, 0.2) is 0 Å². The average Bonchev–Trinajstić information content (AvgIpc) is 2.16. The van der Waals surface area contributed by atoms with Gasteiger partial charge in [-0.15, -0.1) is 0 Å². The summed E-state index contributed by atoms with van der Waals surface area (Å²) in [6, 6.07) is 7.64. The summed E-state index contributed by atoms with van der Waals surface area (Å²) in [5.74, 6) is 0. The Balaban J connectivity index is 2.87. The van der Waals surface area contributed by atoms with Gasteiger partial charge >= 0.3 is 0 Å². The molecule has 0 N–H and O–H groups in total. The van der Waals surface area contributed by atoms with E-state index in [1.165, 1.54) is 6.20 Å². The van der Waals surface area contributed by atoms with Gasteiger partial charge < -0.3 is 0 Å². The molecule has 2 rings (SSSR count). The van der Waals surface area contributed by atoms with Gasteiger partial charge in [-0.2, -0.15) is 15.5 Å². The van der Waals surface area contributed by atoms with Crippen molar-refractivity contribution in [1.29, 1.82) is 5.26 Å². The highest BCUT2D eigenvalue weighted by atomic mass is 79.9. The van der Waals surface area contributed by atoms with Crippen molar-refractivity contribution in [3.8, 4) is 6.07 Å². The standard InChI is InChI=1S/C9H4BrN3/c10-7-1-2-8-6(4-11)5-12-13-9(8)3-7/h1-3,5H. The number of rotatable bonds is 0. The molecule has 62 valence electrons. The third kappa shape index (κ3) is 1.38. The van der Waals surface area contributed by atoms with E-state index in [0.29, 0.717) is 5.56 Å². The largest absolute Gasteiger partial charge is 0.192 e. The van der Waals surface area contributed by atoms with Crippen LogP contribution in [0.4, 0.5) is 0 Å². The number of aromatic nitrogens is 2. The molecule has 0 aliphatic rings. The van der Waals surface area contributed by atoms with Gasteiger partial charge in [0.25, 0.3) is 0 Å². The summed E-state index contributed by atoms with van der Waals surface area (Å²) in [5, 5.41) is 17.3. The van der Waals surface area contributed by atoms with Gasteiger partial charge in [-0.1, -0.05) is 22.0 Å². The van der Waals surface area contributed by atoms with Crippen molar-refractivity contribution in [2.45, 2.75) is 0 Å². The van der Waals surface area contributed by atoms with Crippen LogP contribution in [-0.2, 0) is 0 Å². The van der Waals surface area contributed by atoms with Crippen molar-refractivity contribution in [3.63, 3.8) is 0 Å². The number of hydrogen-bond donors (Lipinski definition) is 0. The maximum atomic E-state index is 8.78. The first-order valence-electron chi connectivity index (χ1n) is 3.62. The van der Waals surface area contributed by atoms with E-state index in [9.17, 15) is 0 Å². The summed E-state index contributed by atoms with van der Waals surface area (Å²) < 4.78 is 0.935. The third-order valence-corrected chi connectivity index (χ3v) is 2.22. The topological polar surface area (TPSA) is 49.6 Å². The first kappa shape index (κ1) is 8.14. The second-order valence-electron chi connectivity index (χ2n) is 2.53. The van der Waals surface area contributed by atoms with E-state index in [1.54, 1.807) is 0 Å². The molecule has 0 bridgehead atoms. The van der Waals surface area contributed by atoms with E-state index in [4.69, 9.17) is 5.26 Å². The van der Waals surface area contributed by atoms with Crippen LogP contribution in [0.2, 0.25) is 0 Å². The fourth-order valence-corrected chi connectivity index (χ4v) is 1.47. The highest BCUT2D eigenvalue weighted by Gasteiger charge is 2.01. The number of nitrogens with zero attached hydrogens (tertiary/aromatic N) is 3. The molecule has 0 fully saturated rings. The monoisotopic (exact) mass is 233 g/mol. The molecule has 0 radical (unpaired) electrons. The number of halogens is 1. The molecule has 0 aliphatic carbocycles. The summed E-state index contributed by atoms with van der Waals surface area (Å²) in [7, 11) is 0. The summed E-state index contributed by atoms with van der Waals surface area (Å²) >= 11 is 3.33. The lowest BCUT2D eigenvalue weighted by molar-refractivity contribution is 1.07. The molecular formula is C9H4BrN3. The minimum Gasteiger partial charge on any atom is -0.192 e. The minimum atomic E-state index is 0.553. The number of nitriles is 1. The predicted molar refractivity (Wildman–Crippen MR) is 52.0 cm³/mol. The second-order valence-corrected chi connectivity index (χ2v) is 3.45. The van der Waals surface area contributed by atoms with Gasteiger partial charge in [-0.05, 0) is 12.1 Å². The zero-order chi connectivity index (χ0) is 9.26. The van der Waals surface area contributed by atoms with E-state index < -0.39 is 0 Å². The van der Waals surface area contributed by atoms with Crippen LogP contribution in [0.1, 0.15) is 5.56 Å². The van der Waals surface area contributed by atoms with E-state index in [2.05, 4.69) is 32.2 Å². The van der Waals surface area contributed by atoms with E-state index in [-0.39, 0.29) is 0 Å². The van der Waals surface area contributed by atoms with Gasteiger partial charge in [0, 0.05) is 9.86 Å². The van der Waals surface area contributed by atoms with Crippen LogP contribution in [0.3, 0.4) is 0 Å². The summed E-state index contributed by atoms with van der Waals surface area (Å²) in [4.78, 5) is 0. The molecule has 0 spiro atoms. The molecule has 1 aromatic heterocycles. The lowest BCUT2D eigenvalue weighted by Crippen LogP contribution is -1.87. The van der Waals surface area contributed by atoms with Crippen LogP contribution in [0.5, 0.6) is 0 Å². The molecule has 3 nitrogen and oxygen atoms in total. The normalized spacial score (nSPS) is 9.85. The Morgan fingerprint density at radius 1 is 1.38 bits per heavy atom. The van der Waals surface area contributed by atoms with Crippen molar-refractivity contribution in [1.82, 2.24) is 10.2 Å². The van der Waals surface area contributed by atoms with E-state index in [0.717, 1.165) is 15.4 Å². The Hall–Kier alpha value is -1.47. The number of benzene rings is 1. The van der Waals surface area contributed by atoms with Crippen molar-refractivity contribution in [3.05, 3.63) is 34.4 Å². The molecule has 1 heterocycles. The van der Waals surface area contributed by atoms with Crippen molar-refractivity contribution in [2.24, 2.45) is 0 Å². The Morgan fingerprint density at radius 3 is 3.00 bits per heavy atom. The molecule has 0 amide bonds. The van der Waals surface area contributed by atoms with Crippen molar-refractivity contribution in [2.75, 3.05) is 0 Å². The quantitative estimate of drug-likeness (QED) is 0.702. The lowest BCUT2D eigenvalue weighted by Gasteiger charge is -1.97. The van der Waals surface area contributed by atoms with Gasteiger partial charge in [-0.25, -0.2) is 0 Å². The molecule has 0 atom stereocenters. The Kier molecular flexibility index (Phi) is 1.95. The summed E-state index contributed by atoms with van der Waals surface area (Å²) in [6.07, 6.45) is 1.47. The molecule has 0 saturated carbocycles. The average molecular weight is 234 g/mol. The van der Waals surface area contributed by atoms with Gasteiger partial charge in [0.2, 0.25) is 0 Å². The number of fused-ring (bicyclic) bond motifs is 1. The molecule has 0 saturated heterocycles. The van der Waals surface area contributed by atoms with Gasteiger partial charge in [-0.3, -0.25) is 0 Å². The van der Waals surface area contributed by atoms with Crippen LogP contribution in [0, 0.1) is 11.3 Å². The molecule has 13 heavy (non-hydrogen) atoms. The molecule has 1 aromatic carbocycles. The molecular weight excluding hydrogens is 230 g/mol. The second kappa shape index (κ2) is 3.11. The van der Waals surface area contributed by atoms with Crippen LogP contribution >= 0.6 is 15.9 Å². The van der Waals surface area contributed by atoms with Crippen LogP contribution in [0.15, 0.2) is 28.9 Å². The third-order valence-electron chi connectivity index (χ3n) is 1.72. The minimum absolute atomic E-state index is 0.553. The molecule has 4 heteroatoms.